The Morgan fingerprint density at radius 2 is 2.11 bits per heavy atom. The van der Waals surface area contributed by atoms with Gasteiger partial charge in [-0.05, 0) is 26.2 Å². The van der Waals surface area contributed by atoms with Crippen molar-refractivity contribution in [3.05, 3.63) is 0 Å². The highest BCUT2D eigenvalue weighted by Crippen LogP contribution is 2.33. The van der Waals surface area contributed by atoms with Crippen molar-refractivity contribution in [1.29, 1.82) is 0 Å². The fourth-order valence-corrected chi connectivity index (χ4v) is 4.34. The summed E-state index contributed by atoms with van der Waals surface area (Å²) in [6.45, 7) is 3.70. The van der Waals surface area contributed by atoms with Crippen molar-refractivity contribution in [2.24, 2.45) is 5.92 Å². The van der Waals surface area contributed by atoms with Crippen molar-refractivity contribution < 1.29 is 23.1 Å². The van der Waals surface area contributed by atoms with Gasteiger partial charge in [0.25, 0.3) is 0 Å². The van der Waals surface area contributed by atoms with Gasteiger partial charge in [-0.3, -0.25) is 0 Å². The normalized spacial score (nSPS) is 26.3. The number of esters is 1. The van der Waals surface area contributed by atoms with Gasteiger partial charge in [0.2, 0.25) is 0 Å². The molecule has 0 aromatic carbocycles. The van der Waals surface area contributed by atoms with Gasteiger partial charge in [-0.15, -0.1) is 0 Å². The van der Waals surface area contributed by atoms with E-state index in [1.807, 2.05) is 6.92 Å². The first-order chi connectivity index (χ1) is 8.35. The molecule has 0 aromatic rings. The molecule has 1 saturated heterocycles. The Morgan fingerprint density at radius 3 is 2.61 bits per heavy atom. The summed E-state index contributed by atoms with van der Waals surface area (Å²) < 4.78 is 28.2. The molecular weight excluding hydrogens is 256 g/mol. The topological polar surface area (TPSA) is 80.7 Å². The molecule has 1 rings (SSSR count). The first-order valence-electron chi connectivity index (χ1n) is 6.45. The van der Waals surface area contributed by atoms with Gasteiger partial charge >= 0.3 is 5.97 Å². The van der Waals surface area contributed by atoms with Gasteiger partial charge < -0.3 is 9.84 Å². The first kappa shape index (κ1) is 15.4. The van der Waals surface area contributed by atoms with E-state index >= 15 is 0 Å². The van der Waals surface area contributed by atoms with Crippen LogP contribution in [0.1, 0.15) is 39.5 Å². The maximum absolute atomic E-state index is 11.9. The molecule has 0 saturated carbocycles. The van der Waals surface area contributed by atoms with Crippen LogP contribution in [0, 0.1) is 5.92 Å². The number of aliphatic hydroxyl groups is 1. The molecule has 106 valence electrons. The fraction of sp³-hybridized carbons (Fsp3) is 0.917. The summed E-state index contributed by atoms with van der Waals surface area (Å²) in [5.74, 6) is -1.21. The lowest BCUT2D eigenvalue weighted by Crippen LogP contribution is -2.51. The van der Waals surface area contributed by atoms with Gasteiger partial charge in [-0.1, -0.05) is 13.3 Å². The molecule has 6 heteroatoms. The molecule has 1 aliphatic rings. The molecule has 2 atom stereocenters. The van der Waals surface area contributed by atoms with Crippen LogP contribution in [0.5, 0.6) is 0 Å². The zero-order valence-corrected chi connectivity index (χ0v) is 11.8. The minimum absolute atomic E-state index is 0.123. The molecule has 0 aromatic heterocycles. The minimum atomic E-state index is -3.15. The third kappa shape index (κ3) is 3.45. The molecule has 0 radical (unpaired) electrons. The monoisotopic (exact) mass is 278 g/mol. The van der Waals surface area contributed by atoms with E-state index in [9.17, 15) is 18.3 Å². The number of sulfone groups is 1. The second kappa shape index (κ2) is 6.02. The lowest BCUT2D eigenvalue weighted by atomic mass is 9.82. The number of carbonyl (C=O) groups excluding carboxylic acids is 1. The molecule has 0 bridgehead atoms. The Bertz CT molecular complexity index is 389. The van der Waals surface area contributed by atoms with Crippen LogP contribution in [0.4, 0.5) is 0 Å². The van der Waals surface area contributed by atoms with E-state index in [0.29, 0.717) is 19.3 Å². The zero-order valence-electron chi connectivity index (χ0n) is 11.0. The van der Waals surface area contributed by atoms with E-state index in [1.54, 1.807) is 6.92 Å². The highest BCUT2D eigenvalue weighted by Gasteiger charge is 2.47. The first-order valence-corrected chi connectivity index (χ1v) is 8.28. The smallest absolute Gasteiger partial charge is 0.338 e. The summed E-state index contributed by atoms with van der Waals surface area (Å²) in [6.07, 6.45) is 1.89. The van der Waals surface area contributed by atoms with Gasteiger partial charge in [-0.2, -0.15) is 0 Å². The standard InChI is InChI=1S/C12H22O5S/c1-3-7-12(14,11(13)17-4-2)10-6-5-8-18(15,16)9-10/h10,14H,3-9H2,1-2H3. The van der Waals surface area contributed by atoms with Gasteiger partial charge in [0.1, 0.15) is 0 Å². The molecule has 0 aliphatic carbocycles. The molecule has 0 amide bonds. The van der Waals surface area contributed by atoms with Crippen molar-refractivity contribution in [1.82, 2.24) is 0 Å². The van der Waals surface area contributed by atoms with E-state index in [4.69, 9.17) is 4.74 Å². The third-order valence-electron chi connectivity index (χ3n) is 3.40. The Labute approximate surface area is 108 Å². The van der Waals surface area contributed by atoms with Crippen LogP contribution >= 0.6 is 0 Å². The summed E-state index contributed by atoms with van der Waals surface area (Å²) in [5, 5.41) is 10.5. The van der Waals surface area contributed by atoms with Gasteiger partial charge in [0, 0.05) is 5.92 Å². The van der Waals surface area contributed by atoms with E-state index in [2.05, 4.69) is 0 Å². The molecule has 2 unspecified atom stereocenters. The number of ether oxygens (including phenoxy) is 1. The summed E-state index contributed by atoms with van der Waals surface area (Å²) >= 11 is 0. The molecule has 1 aliphatic heterocycles. The quantitative estimate of drug-likeness (QED) is 0.756. The average Bonchev–Trinajstić information content (AvgIpc) is 2.28. The van der Waals surface area contributed by atoms with E-state index in [0.717, 1.165) is 0 Å². The van der Waals surface area contributed by atoms with Crippen LogP contribution in [0.3, 0.4) is 0 Å². The molecule has 0 spiro atoms. The predicted molar refractivity (Wildman–Crippen MR) is 67.9 cm³/mol. The summed E-state index contributed by atoms with van der Waals surface area (Å²) in [6, 6.07) is 0. The van der Waals surface area contributed by atoms with Crippen molar-refractivity contribution in [3.8, 4) is 0 Å². The zero-order chi connectivity index (χ0) is 13.8. The lowest BCUT2D eigenvalue weighted by Gasteiger charge is -2.35. The third-order valence-corrected chi connectivity index (χ3v) is 5.22. The molecule has 5 nitrogen and oxygen atoms in total. The van der Waals surface area contributed by atoms with Crippen molar-refractivity contribution in [2.75, 3.05) is 18.1 Å². The van der Waals surface area contributed by atoms with Crippen LogP contribution in [0.25, 0.3) is 0 Å². The van der Waals surface area contributed by atoms with Gasteiger partial charge in [0.15, 0.2) is 15.4 Å². The second-order valence-electron chi connectivity index (χ2n) is 4.85. The van der Waals surface area contributed by atoms with E-state index < -0.39 is 27.3 Å². The summed E-state index contributed by atoms with van der Waals surface area (Å²) in [5.41, 5.74) is -1.65. The molecule has 1 fully saturated rings. The maximum Gasteiger partial charge on any atom is 0.338 e. The highest BCUT2D eigenvalue weighted by atomic mass is 32.2. The number of carbonyl (C=O) groups is 1. The molecule has 18 heavy (non-hydrogen) atoms. The van der Waals surface area contributed by atoms with Crippen LogP contribution in [-0.2, 0) is 19.4 Å². The Kier molecular flexibility index (Phi) is 5.16. The average molecular weight is 278 g/mol. The largest absolute Gasteiger partial charge is 0.464 e. The Hall–Kier alpha value is -0.620. The lowest BCUT2D eigenvalue weighted by molar-refractivity contribution is -0.172. The van der Waals surface area contributed by atoms with Gasteiger partial charge in [0.05, 0.1) is 18.1 Å². The number of hydrogen-bond donors (Lipinski definition) is 1. The highest BCUT2D eigenvalue weighted by molar-refractivity contribution is 7.91. The maximum atomic E-state index is 11.9. The molecule has 1 N–H and O–H groups in total. The number of hydrogen-bond acceptors (Lipinski definition) is 5. The van der Waals surface area contributed by atoms with E-state index in [1.165, 1.54) is 0 Å². The molecule has 1 heterocycles. The van der Waals surface area contributed by atoms with E-state index in [-0.39, 0.29) is 24.5 Å². The summed E-state index contributed by atoms with van der Waals surface area (Å²) in [7, 11) is -3.15. The van der Waals surface area contributed by atoms with Crippen molar-refractivity contribution in [2.45, 2.75) is 45.1 Å². The van der Waals surface area contributed by atoms with Crippen LogP contribution < -0.4 is 0 Å². The summed E-state index contributed by atoms with van der Waals surface area (Å²) in [4.78, 5) is 11.9. The number of rotatable bonds is 5. The van der Waals surface area contributed by atoms with Crippen molar-refractivity contribution >= 4 is 15.8 Å². The van der Waals surface area contributed by atoms with Crippen molar-refractivity contribution in [3.63, 3.8) is 0 Å². The predicted octanol–water partition coefficient (Wildman–Crippen LogP) is 0.905. The van der Waals surface area contributed by atoms with Crippen LogP contribution in [-0.4, -0.2) is 43.2 Å². The minimum Gasteiger partial charge on any atom is -0.464 e. The fourth-order valence-electron chi connectivity index (χ4n) is 2.51. The Morgan fingerprint density at radius 1 is 1.44 bits per heavy atom. The second-order valence-corrected chi connectivity index (χ2v) is 7.08. The SMILES string of the molecule is CCCC(O)(C(=O)OCC)C1CCCS(=O)(=O)C1. The van der Waals surface area contributed by atoms with Crippen LogP contribution in [0.2, 0.25) is 0 Å². The Balaban J connectivity index is 2.92. The van der Waals surface area contributed by atoms with Crippen LogP contribution in [0.15, 0.2) is 0 Å². The molecular formula is C12H22O5S. The van der Waals surface area contributed by atoms with Gasteiger partial charge in [-0.25, -0.2) is 13.2 Å².